The summed E-state index contributed by atoms with van der Waals surface area (Å²) in [6, 6.07) is 8.26. The van der Waals surface area contributed by atoms with Crippen molar-refractivity contribution >= 4 is 5.82 Å². The van der Waals surface area contributed by atoms with Crippen molar-refractivity contribution in [1.29, 1.82) is 0 Å². The van der Waals surface area contributed by atoms with Crippen molar-refractivity contribution in [2.75, 3.05) is 5.73 Å². The van der Waals surface area contributed by atoms with Gasteiger partial charge in [-0.15, -0.1) is 0 Å². The number of oxazole rings is 1. The minimum atomic E-state index is -0.255. The molecular weight excluding hydrogens is 390 g/mol. The quantitative estimate of drug-likeness (QED) is 0.477. The van der Waals surface area contributed by atoms with Crippen molar-refractivity contribution in [2.45, 2.75) is 46.8 Å². The second-order valence-electron chi connectivity index (χ2n) is 7.97. The molecule has 0 unspecified atom stereocenters. The molecule has 0 radical (unpaired) electrons. The molecule has 2 N–H and O–H groups in total. The summed E-state index contributed by atoms with van der Waals surface area (Å²) < 4.78 is 14.4. The number of nitrogens with zero attached hydrogens (tertiary/aromatic N) is 4. The average Bonchev–Trinajstić information content (AvgIpc) is 3.32. The molecule has 1 atom stereocenters. The van der Waals surface area contributed by atoms with Gasteiger partial charge >= 0.3 is 0 Å². The zero-order valence-electron chi connectivity index (χ0n) is 18.1. The van der Waals surface area contributed by atoms with Crippen LogP contribution in [0.4, 0.5) is 5.82 Å². The van der Waals surface area contributed by atoms with Crippen LogP contribution in [0, 0.1) is 13.8 Å². The van der Waals surface area contributed by atoms with E-state index in [4.69, 9.17) is 19.9 Å². The summed E-state index contributed by atoms with van der Waals surface area (Å²) in [7, 11) is 0. The lowest BCUT2D eigenvalue weighted by Gasteiger charge is -2.21. The zero-order chi connectivity index (χ0) is 21.7. The first-order valence-electron chi connectivity index (χ1n) is 10.5. The summed E-state index contributed by atoms with van der Waals surface area (Å²) in [5.74, 6) is 2.38. The molecule has 0 amide bonds. The molecular formula is C24H25N5O2. The van der Waals surface area contributed by atoms with Crippen LogP contribution in [0.1, 0.15) is 48.3 Å². The smallest absolute Gasteiger partial charge is 0.191 e. The Hall–Kier alpha value is -3.61. The predicted octanol–water partition coefficient (Wildman–Crippen LogP) is 4.86. The van der Waals surface area contributed by atoms with E-state index < -0.39 is 0 Å². The van der Waals surface area contributed by atoms with E-state index in [0.717, 1.165) is 51.5 Å². The van der Waals surface area contributed by atoms with Crippen molar-refractivity contribution < 1.29 is 9.15 Å². The lowest BCUT2D eigenvalue weighted by Crippen LogP contribution is -2.09. The number of anilines is 1. The van der Waals surface area contributed by atoms with E-state index in [9.17, 15) is 0 Å². The highest BCUT2D eigenvalue weighted by molar-refractivity contribution is 5.71. The first-order valence-corrected chi connectivity index (χ1v) is 10.5. The fraction of sp³-hybridized carbons (Fsp3) is 0.292. The summed E-state index contributed by atoms with van der Waals surface area (Å²) in [6.45, 7) is 8.76. The average molecular weight is 415 g/mol. The minimum Gasteiger partial charge on any atom is -0.482 e. The van der Waals surface area contributed by atoms with Crippen LogP contribution in [0.2, 0.25) is 0 Å². The SMILES string of the molecule is CCn1ncc2c1-c1cnc(N)c(c1)O[C@H](C)c1cc(C)ccc1-c1nc(C)oc1C2. The molecule has 0 spiro atoms. The maximum atomic E-state index is 6.35. The normalized spacial score (nSPS) is 15.2. The fourth-order valence-corrected chi connectivity index (χ4v) is 4.27. The monoisotopic (exact) mass is 415 g/mol. The van der Waals surface area contributed by atoms with E-state index in [0.29, 0.717) is 23.9 Å². The Morgan fingerprint density at radius 2 is 2.03 bits per heavy atom. The lowest BCUT2D eigenvalue weighted by atomic mass is 9.95. The molecule has 1 aromatic carbocycles. The van der Waals surface area contributed by atoms with E-state index in [2.05, 4.69) is 42.1 Å². The summed E-state index contributed by atoms with van der Waals surface area (Å²) in [5, 5.41) is 4.59. The fourth-order valence-electron chi connectivity index (χ4n) is 4.27. The molecule has 2 bridgehead atoms. The molecule has 4 aromatic rings. The van der Waals surface area contributed by atoms with E-state index in [1.165, 1.54) is 0 Å². The van der Waals surface area contributed by atoms with E-state index in [1.807, 2.05) is 30.8 Å². The maximum absolute atomic E-state index is 6.35. The molecule has 0 fully saturated rings. The van der Waals surface area contributed by atoms with Crippen LogP contribution >= 0.6 is 0 Å². The number of nitrogen functional groups attached to an aromatic ring is 1. The largest absolute Gasteiger partial charge is 0.482 e. The van der Waals surface area contributed by atoms with Crippen LogP contribution in [0.25, 0.3) is 22.5 Å². The Morgan fingerprint density at radius 1 is 1.19 bits per heavy atom. The first-order chi connectivity index (χ1) is 14.9. The van der Waals surface area contributed by atoms with Crippen LogP contribution in [0.5, 0.6) is 5.75 Å². The molecule has 0 saturated heterocycles. The van der Waals surface area contributed by atoms with Gasteiger partial charge in [-0.05, 0) is 26.8 Å². The van der Waals surface area contributed by atoms with Gasteiger partial charge in [-0.25, -0.2) is 9.97 Å². The molecule has 158 valence electrons. The topological polar surface area (TPSA) is 92.0 Å². The number of rotatable bonds is 1. The predicted molar refractivity (Wildman–Crippen MR) is 119 cm³/mol. The van der Waals surface area contributed by atoms with Crippen LogP contribution in [-0.4, -0.2) is 19.7 Å². The van der Waals surface area contributed by atoms with Gasteiger partial charge in [-0.3, -0.25) is 4.68 Å². The molecule has 3 aromatic heterocycles. The van der Waals surface area contributed by atoms with Crippen molar-refractivity contribution in [3.05, 3.63) is 65.0 Å². The number of ether oxygens (including phenoxy) is 1. The van der Waals surface area contributed by atoms with Crippen molar-refractivity contribution in [3.8, 4) is 28.3 Å². The van der Waals surface area contributed by atoms with Gasteiger partial charge in [0, 0.05) is 48.3 Å². The highest BCUT2D eigenvalue weighted by Gasteiger charge is 2.25. The van der Waals surface area contributed by atoms with Crippen LogP contribution in [0.15, 0.2) is 41.1 Å². The van der Waals surface area contributed by atoms with Crippen LogP contribution in [-0.2, 0) is 13.0 Å². The number of hydrogen-bond acceptors (Lipinski definition) is 6. The number of pyridine rings is 1. The van der Waals surface area contributed by atoms with E-state index in [-0.39, 0.29) is 6.10 Å². The summed E-state index contributed by atoms with van der Waals surface area (Å²) >= 11 is 0. The van der Waals surface area contributed by atoms with Gasteiger partial charge in [0.05, 0.1) is 11.9 Å². The minimum absolute atomic E-state index is 0.255. The van der Waals surface area contributed by atoms with Crippen molar-refractivity contribution in [1.82, 2.24) is 19.7 Å². The molecule has 0 saturated carbocycles. The third-order valence-electron chi connectivity index (χ3n) is 5.73. The number of hydrogen-bond donors (Lipinski definition) is 1. The second kappa shape index (κ2) is 7.27. The lowest BCUT2D eigenvalue weighted by molar-refractivity contribution is 0.228. The number of benzene rings is 1. The Morgan fingerprint density at radius 3 is 2.84 bits per heavy atom. The van der Waals surface area contributed by atoms with Gasteiger partial charge in [0.1, 0.15) is 17.6 Å². The number of nitrogens with two attached hydrogens (primary N) is 1. The Labute approximate surface area is 180 Å². The molecule has 7 heteroatoms. The highest BCUT2D eigenvalue weighted by atomic mass is 16.5. The Balaban J connectivity index is 1.81. The molecule has 31 heavy (non-hydrogen) atoms. The third kappa shape index (κ3) is 3.26. The maximum Gasteiger partial charge on any atom is 0.191 e. The van der Waals surface area contributed by atoms with Gasteiger partial charge in [-0.2, -0.15) is 5.10 Å². The van der Waals surface area contributed by atoms with Gasteiger partial charge in [0.15, 0.2) is 17.5 Å². The third-order valence-corrected chi connectivity index (χ3v) is 5.73. The van der Waals surface area contributed by atoms with Crippen LogP contribution in [0.3, 0.4) is 0 Å². The summed E-state index contributed by atoms with van der Waals surface area (Å²) in [5.41, 5.74) is 13.1. The van der Waals surface area contributed by atoms with Crippen molar-refractivity contribution in [3.63, 3.8) is 0 Å². The van der Waals surface area contributed by atoms with Gasteiger partial charge in [0.2, 0.25) is 0 Å². The Kier molecular flexibility index (Phi) is 4.54. The van der Waals surface area contributed by atoms with E-state index >= 15 is 0 Å². The van der Waals surface area contributed by atoms with Gasteiger partial charge in [0.25, 0.3) is 0 Å². The zero-order valence-corrected chi connectivity index (χ0v) is 18.1. The molecule has 1 aliphatic heterocycles. The summed E-state index contributed by atoms with van der Waals surface area (Å²) in [6.07, 6.45) is 3.99. The first kappa shape index (κ1) is 19.4. The Bertz CT molecular complexity index is 1290. The molecule has 5 rings (SSSR count). The van der Waals surface area contributed by atoms with Crippen LogP contribution < -0.4 is 10.5 Å². The molecule has 0 aliphatic carbocycles. The molecule has 4 heterocycles. The number of aromatic nitrogens is 4. The number of aryl methyl sites for hydroxylation is 3. The highest BCUT2D eigenvalue weighted by Crippen LogP contribution is 2.38. The van der Waals surface area contributed by atoms with Gasteiger partial charge in [-0.1, -0.05) is 23.8 Å². The van der Waals surface area contributed by atoms with Crippen molar-refractivity contribution in [2.24, 2.45) is 0 Å². The number of fused-ring (bicyclic) bond motifs is 7. The molecule has 1 aliphatic rings. The summed E-state index contributed by atoms with van der Waals surface area (Å²) in [4.78, 5) is 9.16. The second-order valence-corrected chi connectivity index (χ2v) is 7.97. The van der Waals surface area contributed by atoms with E-state index in [1.54, 1.807) is 6.20 Å². The molecule has 7 nitrogen and oxygen atoms in total. The standard InChI is InChI=1S/C24H25N5O2/c1-5-29-23-16-10-21(24(25)26-11-16)30-14(3)19-8-13(2)6-7-18(19)22-20(31-15(4)28-22)9-17(23)12-27-29/h6-8,10-12,14H,5,9H2,1-4H3,(H2,25,26)/t14-/m1/s1. The van der Waals surface area contributed by atoms with Gasteiger partial charge < -0.3 is 14.9 Å².